The summed E-state index contributed by atoms with van der Waals surface area (Å²) in [5, 5.41) is 9.75. The molecule has 0 aliphatic rings. The highest BCUT2D eigenvalue weighted by atomic mass is 35.5. The number of benzene rings is 1. The lowest BCUT2D eigenvalue weighted by molar-refractivity contribution is -0.137. The van der Waals surface area contributed by atoms with E-state index >= 15 is 0 Å². The summed E-state index contributed by atoms with van der Waals surface area (Å²) < 4.78 is 0. The number of hydrogen-bond donors (Lipinski definition) is 2. The van der Waals surface area contributed by atoms with Crippen LogP contribution in [0.2, 0.25) is 10.0 Å². The highest BCUT2D eigenvalue weighted by molar-refractivity contribution is 6.42. The van der Waals surface area contributed by atoms with Gasteiger partial charge in [0.2, 0.25) is 0 Å². The topological polar surface area (TPSA) is 63.3 Å². The number of carboxylic acids is 1. The van der Waals surface area contributed by atoms with Gasteiger partial charge in [-0.2, -0.15) is 0 Å². The van der Waals surface area contributed by atoms with Crippen LogP contribution in [0.4, 0.5) is 0 Å². The van der Waals surface area contributed by atoms with Crippen LogP contribution < -0.4 is 5.73 Å². The lowest BCUT2D eigenvalue weighted by atomic mass is 9.93. The Kier molecular flexibility index (Phi) is 5.93. The van der Waals surface area contributed by atoms with Crippen molar-refractivity contribution in [3.63, 3.8) is 0 Å². The van der Waals surface area contributed by atoms with Crippen molar-refractivity contribution in [1.82, 2.24) is 0 Å². The molecule has 0 amide bonds. The number of nitrogens with two attached hydrogens (primary N) is 1. The molecule has 18 heavy (non-hydrogen) atoms. The molecule has 0 spiro atoms. The Morgan fingerprint density at radius 1 is 1.39 bits per heavy atom. The van der Waals surface area contributed by atoms with Gasteiger partial charge >= 0.3 is 5.97 Å². The zero-order chi connectivity index (χ0) is 13.7. The molecule has 2 unspecified atom stereocenters. The molecule has 0 saturated carbocycles. The average Bonchev–Trinajstić information content (AvgIpc) is 2.29. The number of halogens is 2. The van der Waals surface area contributed by atoms with Crippen molar-refractivity contribution < 1.29 is 9.90 Å². The SMILES string of the molecule is CC(CCc1ccc(Cl)c(Cl)c1)C(N)CC(=O)O. The van der Waals surface area contributed by atoms with E-state index in [2.05, 4.69) is 0 Å². The molecular weight excluding hydrogens is 273 g/mol. The van der Waals surface area contributed by atoms with Gasteiger partial charge in [-0.1, -0.05) is 36.2 Å². The van der Waals surface area contributed by atoms with Crippen LogP contribution in [0, 0.1) is 5.92 Å². The zero-order valence-corrected chi connectivity index (χ0v) is 11.7. The molecule has 2 atom stereocenters. The van der Waals surface area contributed by atoms with E-state index in [1.54, 1.807) is 6.07 Å². The second kappa shape index (κ2) is 6.98. The van der Waals surface area contributed by atoms with E-state index in [1.807, 2.05) is 19.1 Å². The average molecular weight is 290 g/mol. The fourth-order valence-corrected chi connectivity index (χ4v) is 2.03. The highest BCUT2D eigenvalue weighted by Gasteiger charge is 2.16. The molecule has 0 heterocycles. The predicted molar refractivity (Wildman–Crippen MR) is 74.2 cm³/mol. The fraction of sp³-hybridized carbons (Fsp3) is 0.462. The Labute approximate surface area is 117 Å². The first-order valence-electron chi connectivity index (χ1n) is 5.81. The summed E-state index contributed by atoms with van der Waals surface area (Å²) in [6.45, 7) is 1.96. The minimum Gasteiger partial charge on any atom is -0.481 e. The molecule has 0 aliphatic carbocycles. The molecule has 3 N–H and O–H groups in total. The molecule has 0 saturated heterocycles. The fourth-order valence-electron chi connectivity index (χ4n) is 1.71. The molecule has 1 rings (SSSR count). The van der Waals surface area contributed by atoms with Crippen LogP contribution in [0.25, 0.3) is 0 Å². The number of aryl methyl sites for hydroxylation is 1. The number of aliphatic carboxylic acids is 1. The van der Waals surface area contributed by atoms with Crippen molar-refractivity contribution in [2.24, 2.45) is 11.7 Å². The van der Waals surface area contributed by atoms with Crippen LogP contribution in [0.15, 0.2) is 18.2 Å². The van der Waals surface area contributed by atoms with Gasteiger partial charge in [-0.3, -0.25) is 4.79 Å². The van der Waals surface area contributed by atoms with Crippen LogP contribution in [-0.2, 0) is 11.2 Å². The van der Waals surface area contributed by atoms with E-state index < -0.39 is 5.97 Å². The summed E-state index contributed by atoms with van der Waals surface area (Å²) in [5.74, 6) is -0.709. The van der Waals surface area contributed by atoms with Gasteiger partial charge < -0.3 is 10.8 Å². The number of rotatable bonds is 6. The molecule has 5 heteroatoms. The Bertz CT molecular complexity index is 423. The molecule has 0 fully saturated rings. The largest absolute Gasteiger partial charge is 0.481 e. The summed E-state index contributed by atoms with van der Waals surface area (Å²) >= 11 is 11.8. The van der Waals surface area contributed by atoms with Gasteiger partial charge in [-0.05, 0) is 36.5 Å². The van der Waals surface area contributed by atoms with Gasteiger partial charge in [0.05, 0.1) is 16.5 Å². The van der Waals surface area contributed by atoms with Crippen LogP contribution in [0.3, 0.4) is 0 Å². The van der Waals surface area contributed by atoms with Crippen molar-refractivity contribution in [2.45, 2.75) is 32.2 Å². The molecule has 0 bridgehead atoms. The van der Waals surface area contributed by atoms with Gasteiger partial charge in [0, 0.05) is 6.04 Å². The van der Waals surface area contributed by atoms with E-state index in [-0.39, 0.29) is 18.4 Å². The monoisotopic (exact) mass is 289 g/mol. The number of carbonyl (C=O) groups is 1. The Hall–Kier alpha value is -0.770. The predicted octanol–water partition coefficient (Wildman–Crippen LogP) is 3.36. The summed E-state index contributed by atoms with van der Waals surface area (Å²) in [6, 6.07) is 5.20. The molecule has 1 aromatic carbocycles. The second-order valence-electron chi connectivity index (χ2n) is 4.53. The normalized spacial score (nSPS) is 14.2. The lowest BCUT2D eigenvalue weighted by Gasteiger charge is -2.18. The molecule has 1 aromatic rings. The van der Waals surface area contributed by atoms with Crippen molar-refractivity contribution in [3.8, 4) is 0 Å². The third-order valence-electron chi connectivity index (χ3n) is 3.01. The molecule has 0 radical (unpaired) electrons. The first kappa shape index (κ1) is 15.3. The summed E-state index contributed by atoms with van der Waals surface area (Å²) in [5.41, 5.74) is 6.89. The molecule has 3 nitrogen and oxygen atoms in total. The van der Waals surface area contributed by atoms with Gasteiger partial charge in [0.25, 0.3) is 0 Å². The minimum absolute atomic E-state index is 0.00252. The van der Waals surface area contributed by atoms with Gasteiger partial charge in [-0.25, -0.2) is 0 Å². The maximum atomic E-state index is 10.6. The first-order chi connectivity index (χ1) is 8.40. The summed E-state index contributed by atoms with van der Waals surface area (Å²) in [7, 11) is 0. The van der Waals surface area contributed by atoms with Gasteiger partial charge in [0.15, 0.2) is 0 Å². The van der Waals surface area contributed by atoms with Gasteiger partial charge in [0.1, 0.15) is 0 Å². The highest BCUT2D eigenvalue weighted by Crippen LogP contribution is 2.24. The third kappa shape index (κ3) is 4.84. The van der Waals surface area contributed by atoms with Crippen LogP contribution in [-0.4, -0.2) is 17.1 Å². The van der Waals surface area contributed by atoms with Crippen LogP contribution in [0.5, 0.6) is 0 Å². The Morgan fingerprint density at radius 2 is 2.06 bits per heavy atom. The van der Waals surface area contributed by atoms with Crippen molar-refractivity contribution in [2.75, 3.05) is 0 Å². The van der Waals surface area contributed by atoms with E-state index in [0.717, 1.165) is 18.4 Å². The maximum Gasteiger partial charge on any atom is 0.304 e. The number of hydrogen-bond acceptors (Lipinski definition) is 2. The van der Waals surface area contributed by atoms with Crippen LogP contribution in [0.1, 0.15) is 25.3 Å². The number of carboxylic acid groups (broad SMARTS) is 1. The molecule has 100 valence electrons. The van der Waals surface area contributed by atoms with E-state index in [1.165, 1.54) is 0 Å². The first-order valence-corrected chi connectivity index (χ1v) is 6.57. The minimum atomic E-state index is -0.858. The summed E-state index contributed by atoms with van der Waals surface area (Å²) in [4.78, 5) is 10.6. The third-order valence-corrected chi connectivity index (χ3v) is 3.75. The lowest BCUT2D eigenvalue weighted by Crippen LogP contribution is -2.31. The van der Waals surface area contributed by atoms with Gasteiger partial charge in [-0.15, -0.1) is 0 Å². The van der Waals surface area contributed by atoms with Crippen LogP contribution >= 0.6 is 23.2 Å². The van der Waals surface area contributed by atoms with E-state index in [4.69, 9.17) is 34.0 Å². The zero-order valence-electron chi connectivity index (χ0n) is 10.2. The Morgan fingerprint density at radius 3 is 2.61 bits per heavy atom. The second-order valence-corrected chi connectivity index (χ2v) is 5.34. The van der Waals surface area contributed by atoms with E-state index in [0.29, 0.717) is 10.0 Å². The molecule has 0 aromatic heterocycles. The maximum absolute atomic E-state index is 10.6. The molecule has 0 aliphatic heterocycles. The standard InChI is InChI=1S/C13H17Cl2NO2/c1-8(12(16)7-13(17)18)2-3-9-4-5-10(14)11(15)6-9/h4-6,8,12H,2-3,7,16H2,1H3,(H,17,18). The van der Waals surface area contributed by atoms with Crippen molar-refractivity contribution >= 4 is 29.2 Å². The quantitative estimate of drug-likeness (QED) is 0.844. The molecular formula is C13H17Cl2NO2. The van der Waals surface area contributed by atoms with Crippen molar-refractivity contribution in [1.29, 1.82) is 0 Å². The summed E-state index contributed by atoms with van der Waals surface area (Å²) in [6.07, 6.45) is 1.64. The smallest absolute Gasteiger partial charge is 0.304 e. The Balaban J connectivity index is 2.49. The van der Waals surface area contributed by atoms with Crippen molar-refractivity contribution in [3.05, 3.63) is 33.8 Å². The van der Waals surface area contributed by atoms with E-state index in [9.17, 15) is 4.79 Å².